The van der Waals surface area contributed by atoms with Crippen LogP contribution >= 0.6 is 11.6 Å². The van der Waals surface area contributed by atoms with Crippen molar-refractivity contribution in [3.05, 3.63) is 44.8 Å². The number of hydrogen-bond acceptors (Lipinski definition) is 8. The molecule has 0 saturated carbocycles. The average molecular weight is 583 g/mol. The highest BCUT2D eigenvalue weighted by Gasteiger charge is 2.31. The molecule has 0 bridgehead atoms. The summed E-state index contributed by atoms with van der Waals surface area (Å²) in [5.74, 6) is 0.0255. The van der Waals surface area contributed by atoms with E-state index in [4.69, 9.17) is 16.3 Å². The Labute approximate surface area is 232 Å². The maximum Gasteiger partial charge on any atom is 0.416 e. The minimum atomic E-state index is -4.56. The van der Waals surface area contributed by atoms with Gasteiger partial charge in [-0.15, -0.1) is 5.10 Å². The number of hydrogen-bond donors (Lipinski definition) is 2. The maximum atomic E-state index is 13.8. The number of alkyl halides is 3. The van der Waals surface area contributed by atoms with Crippen molar-refractivity contribution in [1.82, 2.24) is 24.5 Å². The Kier molecular flexibility index (Phi) is 8.19. The summed E-state index contributed by atoms with van der Waals surface area (Å²) in [5.41, 5.74) is -0.120. The molecular formula is C25H30ClF3N8O3. The van der Waals surface area contributed by atoms with E-state index in [1.807, 2.05) is 16.7 Å². The van der Waals surface area contributed by atoms with E-state index in [-0.39, 0.29) is 28.6 Å². The topological polar surface area (TPSA) is 109 Å². The van der Waals surface area contributed by atoms with Gasteiger partial charge in [0.25, 0.3) is 5.56 Å². The minimum absolute atomic E-state index is 0.0452. The van der Waals surface area contributed by atoms with Gasteiger partial charge >= 0.3 is 6.18 Å². The van der Waals surface area contributed by atoms with E-state index in [0.717, 1.165) is 24.6 Å². The van der Waals surface area contributed by atoms with Gasteiger partial charge in [0, 0.05) is 45.9 Å². The molecule has 216 valence electrons. The number of rotatable bonds is 6. The van der Waals surface area contributed by atoms with E-state index in [1.54, 1.807) is 4.57 Å². The number of nitrogens with zero attached hydrogens (tertiary/aromatic N) is 6. The molecule has 11 nitrogen and oxygen atoms in total. The molecule has 2 fully saturated rings. The molecule has 5 rings (SSSR count). The summed E-state index contributed by atoms with van der Waals surface area (Å²) in [4.78, 5) is 35.7. The number of benzene rings is 1. The smallest absolute Gasteiger partial charge is 0.380 e. The molecule has 3 aromatic rings. The fourth-order valence-corrected chi connectivity index (χ4v) is 5.24. The van der Waals surface area contributed by atoms with Crippen molar-refractivity contribution in [1.29, 1.82) is 0 Å². The Hall–Kier alpha value is -3.36. The first-order valence-electron chi connectivity index (χ1n) is 13.1. The number of halogens is 4. The van der Waals surface area contributed by atoms with E-state index in [9.17, 15) is 22.8 Å². The molecule has 2 aromatic heterocycles. The number of carbonyl (C=O) groups excluding carboxylic acids is 1. The predicted molar refractivity (Wildman–Crippen MR) is 144 cm³/mol. The van der Waals surface area contributed by atoms with Gasteiger partial charge < -0.3 is 29.7 Å². The number of amides is 1. The van der Waals surface area contributed by atoms with Crippen molar-refractivity contribution in [3.8, 4) is 0 Å². The van der Waals surface area contributed by atoms with Crippen LogP contribution in [0.25, 0.3) is 5.78 Å². The van der Waals surface area contributed by atoms with Crippen molar-refractivity contribution < 1.29 is 22.7 Å². The SMILES string of the molecule is CCc1c(N2CCNCC2)c(=O)n2nc(N3CCCOCC3)nc2n1CC(=O)Nc1ccc(C(F)(F)F)cc1Cl. The third-order valence-corrected chi connectivity index (χ3v) is 7.27. The second-order valence-electron chi connectivity index (χ2n) is 9.59. The van der Waals surface area contributed by atoms with Gasteiger partial charge in [-0.2, -0.15) is 22.7 Å². The van der Waals surface area contributed by atoms with Gasteiger partial charge in [0.2, 0.25) is 17.6 Å². The first-order valence-corrected chi connectivity index (χ1v) is 13.5. The molecule has 2 saturated heterocycles. The second kappa shape index (κ2) is 11.6. The Bertz CT molecular complexity index is 1440. The Morgan fingerprint density at radius 3 is 2.62 bits per heavy atom. The van der Waals surface area contributed by atoms with Crippen LogP contribution in [0, 0.1) is 0 Å². The van der Waals surface area contributed by atoms with Crippen molar-refractivity contribution in [2.75, 3.05) is 67.6 Å². The molecule has 40 heavy (non-hydrogen) atoms. The van der Waals surface area contributed by atoms with Crippen LogP contribution in [-0.2, 0) is 28.7 Å². The summed E-state index contributed by atoms with van der Waals surface area (Å²) in [5, 5.41) is 10.2. The Balaban J connectivity index is 1.55. The van der Waals surface area contributed by atoms with Crippen molar-refractivity contribution in [3.63, 3.8) is 0 Å². The van der Waals surface area contributed by atoms with Gasteiger partial charge in [-0.1, -0.05) is 18.5 Å². The summed E-state index contributed by atoms with van der Waals surface area (Å²) >= 11 is 6.07. The van der Waals surface area contributed by atoms with Crippen LogP contribution in [0.15, 0.2) is 23.0 Å². The van der Waals surface area contributed by atoms with Gasteiger partial charge in [-0.25, -0.2) is 0 Å². The van der Waals surface area contributed by atoms with Gasteiger partial charge in [-0.05, 0) is 31.0 Å². The fourth-order valence-electron chi connectivity index (χ4n) is 5.01. The van der Waals surface area contributed by atoms with Crippen LogP contribution in [0.2, 0.25) is 5.02 Å². The summed E-state index contributed by atoms with van der Waals surface area (Å²) in [7, 11) is 0. The quantitative estimate of drug-likeness (QED) is 0.456. The molecule has 0 spiro atoms. The minimum Gasteiger partial charge on any atom is -0.380 e. The van der Waals surface area contributed by atoms with Crippen LogP contribution < -0.4 is 26.0 Å². The third-order valence-electron chi connectivity index (χ3n) is 6.96. The maximum absolute atomic E-state index is 13.8. The van der Waals surface area contributed by atoms with Crippen molar-refractivity contribution in [2.45, 2.75) is 32.5 Å². The monoisotopic (exact) mass is 582 g/mol. The molecule has 2 N–H and O–H groups in total. The third kappa shape index (κ3) is 5.74. The van der Waals surface area contributed by atoms with Crippen LogP contribution in [0.5, 0.6) is 0 Å². The summed E-state index contributed by atoms with van der Waals surface area (Å²) < 4.78 is 47.6. The van der Waals surface area contributed by atoms with Gasteiger partial charge in [0.1, 0.15) is 12.2 Å². The Morgan fingerprint density at radius 2 is 1.93 bits per heavy atom. The fraction of sp³-hybridized carbons (Fsp3) is 0.520. The highest BCUT2D eigenvalue weighted by atomic mass is 35.5. The Morgan fingerprint density at radius 1 is 1.15 bits per heavy atom. The summed E-state index contributed by atoms with van der Waals surface area (Å²) in [6, 6.07) is 2.74. The first-order chi connectivity index (χ1) is 19.2. The lowest BCUT2D eigenvalue weighted by Crippen LogP contribution is -2.47. The number of ether oxygens (including phenoxy) is 1. The van der Waals surface area contributed by atoms with Gasteiger partial charge in [0.15, 0.2) is 0 Å². The number of piperazine rings is 1. The molecule has 0 radical (unpaired) electrons. The molecule has 1 amide bonds. The largest absolute Gasteiger partial charge is 0.416 e. The highest BCUT2D eigenvalue weighted by molar-refractivity contribution is 6.33. The molecular weight excluding hydrogens is 553 g/mol. The number of carbonyl (C=O) groups is 1. The number of aromatic nitrogens is 4. The summed E-state index contributed by atoms with van der Waals surface area (Å²) in [6.07, 6.45) is -3.35. The van der Waals surface area contributed by atoms with Crippen molar-refractivity contribution >= 4 is 40.6 Å². The molecule has 0 unspecified atom stereocenters. The van der Waals surface area contributed by atoms with Crippen LogP contribution in [0.4, 0.5) is 30.5 Å². The number of anilines is 3. The normalized spacial score (nSPS) is 16.8. The lowest BCUT2D eigenvalue weighted by molar-refractivity contribution is -0.137. The standard InChI is InChI=1S/C25H30ClF3N8O3/c1-2-19-21(34-9-6-30-7-10-34)22(39)37-24(32-23(33-37)35-8-3-12-40-13-11-35)36(19)15-20(38)31-18-5-4-16(14-17(18)26)25(27,28)29/h4-5,14,30H,2-3,6-13,15H2,1H3,(H,31,38). The molecule has 2 aliphatic rings. The lowest BCUT2D eigenvalue weighted by atomic mass is 10.2. The zero-order valence-electron chi connectivity index (χ0n) is 21.9. The second-order valence-corrected chi connectivity index (χ2v) is 10.0. The van der Waals surface area contributed by atoms with Crippen LogP contribution in [0.1, 0.15) is 24.6 Å². The zero-order chi connectivity index (χ0) is 28.4. The lowest BCUT2D eigenvalue weighted by Gasteiger charge is -2.31. The van der Waals surface area contributed by atoms with E-state index in [1.165, 1.54) is 4.52 Å². The van der Waals surface area contributed by atoms with Crippen LogP contribution in [-0.4, -0.2) is 77.6 Å². The molecule has 2 aliphatic heterocycles. The molecule has 4 heterocycles. The molecule has 15 heteroatoms. The first kappa shape index (κ1) is 28.2. The number of fused-ring (bicyclic) bond motifs is 1. The van der Waals surface area contributed by atoms with Gasteiger partial charge in [0.05, 0.1) is 28.6 Å². The van der Waals surface area contributed by atoms with Gasteiger partial charge in [-0.3, -0.25) is 9.59 Å². The zero-order valence-corrected chi connectivity index (χ0v) is 22.7. The van der Waals surface area contributed by atoms with Crippen molar-refractivity contribution in [2.24, 2.45) is 0 Å². The summed E-state index contributed by atoms with van der Waals surface area (Å²) in [6.45, 7) is 6.57. The number of nitrogens with one attached hydrogen (secondary N) is 2. The predicted octanol–water partition coefficient (Wildman–Crippen LogP) is 2.40. The van der Waals surface area contributed by atoms with E-state index < -0.39 is 17.6 Å². The molecule has 1 aromatic carbocycles. The van der Waals surface area contributed by atoms with E-state index in [2.05, 4.69) is 20.7 Å². The molecule has 0 atom stereocenters. The molecule has 0 aliphatic carbocycles. The van der Waals surface area contributed by atoms with Crippen LogP contribution in [0.3, 0.4) is 0 Å². The average Bonchev–Trinajstić information content (AvgIpc) is 3.19. The van der Waals surface area contributed by atoms with E-state index in [0.29, 0.717) is 76.2 Å². The van der Waals surface area contributed by atoms with E-state index >= 15 is 0 Å². The highest BCUT2D eigenvalue weighted by Crippen LogP contribution is 2.34.